The van der Waals surface area contributed by atoms with E-state index in [1.54, 1.807) is 0 Å². The first-order valence-electron chi connectivity index (χ1n) is 5.03. The first-order valence-corrected chi connectivity index (χ1v) is 5.03. The summed E-state index contributed by atoms with van der Waals surface area (Å²) in [6.07, 6.45) is 5.46. The maximum absolute atomic E-state index is 10.5. The van der Waals surface area contributed by atoms with Crippen LogP contribution in [-0.4, -0.2) is 6.29 Å². The lowest BCUT2D eigenvalue weighted by Gasteiger charge is -1.99. The lowest BCUT2D eigenvalue weighted by molar-refractivity contribution is -0.104. The minimum atomic E-state index is 0.776. The first-order chi connectivity index (χ1) is 6.79. The van der Waals surface area contributed by atoms with Crippen molar-refractivity contribution >= 4 is 12.4 Å². The van der Waals surface area contributed by atoms with Crippen LogP contribution in [-0.2, 0) is 4.79 Å². The van der Waals surface area contributed by atoms with Crippen molar-refractivity contribution in [2.75, 3.05) is 0 Å². The van der Waals surface area contributed by atoms with E-state index in [9.17, 15) is 4.79 Å². The summed E-state index contributed by atoms with van der Waals surface area (Å²) in [5, 5.41) is 0. The molecule has 1 aromatic carbocycles. The van der Waals surface area contributed by atoms with E-state index in [1.165, 1.54) is 18.4 Å². The highest BCUT2D eigenvalue weighted by Crippen LogP contribution is 2.40. The molecule has 0 aliphatic heterocycles. The molecule has 1 saturated carbocycles. The van der Waals surface area contributed by atoms with Crippen molar-refractivity contribution in [3.05, 3.63) is 41.0 Å². The van der Waals surface area contributed by atoms with Crippen LogP contribution < -0.4 is 0 Å². The standard InChI is InChI=1S/C13H14O/c1-10(9-14)7-11-3-2-4-13(8-11)12-5-6-12/h2-4,7-9,12H,5-6H2,1H3/b10-7+. The number of benzene rings is 1. The van der Waals surface area contributed by atoms with E-state index in [2.05, 4.69) is 18.2 Å². The topological polar surface area (TPSA) is 17.1 Å². The van der Waals surface area contributed by atoms with Crippen molar-refractivity contribution in [2.45, 2.75) is 25.7 Å². The van der Waals surface area contributed by atoms with Crippen LogP contribution in [0.15, 0.2) is 29.8 Å². The quantitative estimate of drug-likeness (QED) is 0.523. The summed E-state index contributed by atoms with van der Waals surface area (Å²) >= 11 is 0. The molecule has 1 fully saturated rings. The van der Waals surface area contributed by atoms with Crippen LogP contribution in [0.1, 0.15) is 36.8 Å². The third-order valence-electron chi connectivity index (χ3n) is 2.54. The van der Waals surface area contributed by atoms with Gasteiger partial charge in [-0.3, -0.25) is 4.79 Å². The molecule has 0 aromatic heterocycles. The second-order valence-corrected chi connectivity index (χ2v) is 3.95. The third-order valence-corrected chi connectivity index (χ3v) is 2.54. The molecular formula is C13H14O. The Bertz CT molecular complexity index is 373. The molecule has 0 spiro atoms. The maximum Gasteiger partial charge on any atom is 0.145 e. The largest absolute Gasteiger partial charge is 0.298 e. The van der Waals surface area contributed by atoms with Gasteiger partial charge < -0.3 is 0 Å². The third kappa shape index (κ3) is 2.11. The van der Waals surface area contributed by atoms with E-state index in [1.807, 2.05) is 19.1 Å². The van der Waals surface area contributed by atoms with E-state index >= 15 is 0 Å². The Kier molecular flexibility index (Phi) is 2.49. The Labute approximate surface area is 84.5 Å². The van der Waals surface area contributed by atoms with Crippen molar-refractivity contribution in [1.82, 2.24) is 0 Å². The molecule has 0 unspecified atom stereocenters. The Balaban J connectivity index is 2.25. The highest BCUT2D eigenvalue weighted by atomic mass is 16.1. The maximum atomic E-state index is 10.5. The molecule has 0 heterocycles. The summed E-state index contributed by atoms with van der Waals surface area (Å²) in [6.45, 7) is 1.83. The van der Waals surface area contributed by atoms with Gasteiger partial charge in [0, 0.05) is 0 Å². The van der Waals surface area contributed by atoms with Crippen molar-refractivity contribution in [3.63, 3.8) is 0 Å². The minimum Gasteiger partial charge on any atom is -0.298 e. The lowest BCUT2D eigenvalue weighted by Crippen LogP contribution is -1.82. The molecule has 0 radical (unpaired) electrons. The zero-order chi connectivity index (χ0) is 9.97. The molecule has 0 N–H and O–H groups in total. The van der Waals surface area contributed by atoms with E-state index < -0.39 is 0 Å². The van der Waals surface area contributed by atoms with Gasteiger partial charge in [-0.1, -0.05) is 24.3 Å². The minimum absolute atomic E-state index is 0.776. The second kappa shape index (κ2) is 3.79. The molecule has 1 heteroatoms. The van der Waals surface area contributed by atoms with E-state index in [-0.39, 0.29) is 0 Å². The lowest BCUT2D eigenvalue weighted by atomic mass is 10.1. The van der Waals surface area contributed by atoms with Crippen LogP contribution in [0.3, 0.4) is 0 Å². The van der Waals surface area contributed by atoms with Crippen LogP contribution in [0.25, 0.3) is 6.08 Å². The fraction of sp³-hybridized carbons (Fsp3) is 0.308. The average molecular weight is 186 g/mol. The second-order valence-electron chi connectivity index (χ2n) is 3.95. The Hall–Kier alpha value is -1.37. The average Bonchev–Trinajstić information content (AvgIpc) is 3.01. The number of hydrogen-bond donors (Lipinski definition) is 0. The number of allylic oxidation sites excluding steroid dienone is 1. The van der Waals surface area contributed by atoms with E-state index in [4.69, 9.17) is 0 Å². The van der Waals surface area contributed by atoms with Gasteiger partial charge in [-0.05, 0) is 48.5 Å². The van der Waals surface area contributed by atoms with Gasteiger partial charge in [-0.15, -0.1) is 0 Å². The zero-order valence-electron chi connectivity index (χ0n) is 8.36. The SMILES string of the molecule is C/C(C=O)=C\c1cccc(C2CC2)c1. The van der Waals surface area contributed by atoms with Gasteiger partial charge >= 0.3 is 0 Å². The van der Waals surface area contributed by atoms with Crippen molar-refractivity contribution in [3.8, 4) is 0 Å². The number of hydrogen-bond acceptors (Lipinski definition) is 1. The summed E-state index contributed by atoms with van der Waals surface area (Å²) < 4.78 is 0. The number of carbonyl (C=O) groups excluding carboxylic acids is 1. The monoisotopic (exact) mass is 186 g/mol. The van der Waals surface area contributed by atoms with E-state index in [0.717, 1.165) is 23.3 Å². The predicted molar refractivity (Wildman–Crippen MR) is 58.1 cm³/mol. The molecule has 1 aliphatic rings. The molecule has 2 rings (SSSR count). The normalized spacial score (nSPS) is 16.8. The molecular weight excluding hydrogens is 172 g/mol. The molecule has 0 atom stereocenters. The summed E-state index contributed by atoms with van der Waals surface area (Å²) in [7, 11) is 0. The van der Waals surface area contributed by atoms with Gasteiger partial charge in [0.25, 0.3) is 0 Å². The summed E-state index contributed by atoms with van der Waals surface area (Å²) in [6, 6.07) is 8.46. The molecule has 0 bridgehead atoms. The van der Waals surface area contributed by atoms with Crippen LogP contribution in [0.4, 0.5) is 0 Å². The first kappa shape index (κ1) is 9.20. The van der Waals surface area contributed by atoms with Crippen molar-refractivity contribution < 1.29 is 4.79 Å². The van der Waals surface area contributed by atoms with Gasteiger partial charge in [0.2, 0.25) is 0 Å². The summed E-state index contributed by atoms with van der Waals surface area (Å²) in [5.74, 6) is 0.778. The highest BCUT2D eigenvalue weighted by Gasteiger charge is 2.22. The Morgan fingerprint density at radius 2 is 2.21 bits per heavy atom. The number of carbonyl (C=O) groups is 1. The molecule has 0 amide bonds. The number of aldehydes is 1. The summed E-state index contributed by atoms with van der Waals surface area (Å²) in [4.78, 5) is 10.5. The van der Waals surface area contributed by atoms with Crippen LogP contribution in [0, 0.1) is 0 Å². The van der Waals surface area contributed by atoms with Gasteiger partial charge in [0.05, 0.1) is 0 Å². The Morgan fingerprint density at radius 1 is 1.43 bits per heavy atom. The van der Waals surface area contributed by atoms with Crippen LogP contribution >= 0.6 is 0 Å². The van der Waals surface area contributed by atoms with Crippen LogP contribution in [0.5, 0.6) is 0 Å². The predicted octanol–water partition coefficient (Wildman–Crippen LogP) is 3.17. The molecule has 14 heavy (non-hydrogen) atoms. The highest BCUT2D eigenvalue weighted by molar-refractivity contribution is 5.80. The van der Waals surface area contributed by atoms with Gasteiger partial charge in [0.1, 0.15) is 6.29 Å². The van der Waals surface area contributed by atoms with Gasteiger partial charge in [-0.25, -0.2) is 0 Å². The smallest absolute Gasteiger partial charge is 0.145 e. The fourth-order valence-corrected chi connectivity index (χ4v) is 1.62. The van der Waals surface area contributed by atoms with E-state index in [0.29, 0.717) is 0 Å². The molecule has 72 valence electrons. The molecule has 1 nitrogen and oxygen atoms in total. The van der Waals surface area contributed by atoms with Crippen molar-refractivity contribution in [2.24, 2.45) is 0 Å². The molecule has 0 saturated heterocycles. The fourth-order valence-electron chi connectivity index (χ4n) is 1.62. The zero-order valence-corrected chi connectivity index (χ0v) is 8.36. The summed E-state index contributed by atoms with van der Waals surface area (Å²) in [5.41, 5.74) is 3.33. The van der Waals surface area contributed by atoms with Gasteiger partial charge in [0.15, 0.2) is 0 Å². The number of rotatable bonds is 3. The van der Waals surface area contributed by atoms with Gasteiger partial charge in [-0.2, -0.15) is 0 Å². The molecule has 1 aliphatic carbocycles. The van der Waals surface area contributed by atoms with Crippen molar-refractivity contribution in [1.29, 1.82) is 0 Å². The van der Waals surface area contributed by atoms with Crippen LogP contribution in [0.2, 0.25) is 0 Å². The molecule has 1 aromatic rings. The Morgan fingerprint density at radius 3 is 2.86 bits per heavy atom.